The first-order valence-corrected chi connectivity index (χ1v) is 12.2. The van der Waals surface area contributed by atoms with Crippen molar-refractivity contribution in [3.8, 4) is 22.9 Å². The summed E-state index contributed by atoms with van der Waals surface area (Å²) in [6, 6.07) is 25.3. The summed E-state index contributed by atoms with van der Waals surface area (Å²) in [6.07, 6.45) is 0.821. The molecule has 0 aliphatic rings. The van der Waals surface area contributed by atoms with Gasteiger partial charge in [0.05, 0.1) is 25.0 Å². The van der Waals surface area contributed by atoms with Gasteiger partial charge in [-0.2, -0.15) is 0 Å². The third kappa shape index (κ3) is 5.66. The molecule has 0 unspecified atom stereocenters. The van der Waals surface area contributed by atoms with Crippen LogP contribution in [-0.4, -0.2) is 40.0 Å². The number of carbonyl (C=O) groups excluding carboxylic acids is 1. The average molecular weight is 474 g/mol. The Hall–Kier alpha value is -3.58. The molecule has 34 heavy (non-hydrogen) atoms. The smallest absolute Gasteiger partial charge is 0.191 e. The first-order chi connectivity index (χ1) is 16.7. The van der Waals surface area contributed by atoms with E-state index in [1.54, 1.807) is 19.2 Å². The van der Waals surface area contributed by atoms with E-state index in [4.69, 9.17) is 9.47 Å². The third-order valence-corrected chi connectivity index (χ3v) is 6.32. The normalized spacial score (nSPS) is 10.8. The van der Waals surface area contributed by atoms with Crippen LogP contribution in [0.1, 0.15) is 22.8 Å². The molecule has 1 heterocycles. The number of Topliss-reactive ketones (excluding diaryl/α,β-unsaturated/α-hetero) is 1. The predicted octanol–water partition coefficient (Wildman–Crippen LogP) is 5.57. The fraction of sp³-hybridized carbons (Fsp3) is 0.222. The van der Waals surface area contributed by atoms with Crippen LogP contribution in [0.2, 0.25) is 0 Å². The summed E-state index contributed by atoms with van der Waals surface area (Å²) < 4.78 is 13.1. The molecule has 3 aromatic carbocycles. The molecule has 0 fully saturated rings. The molecule has 0 aliphatic heterocycles. The molecule has 0 atom stereocenters. The van der Waals surface area contributed by atoms with Crippen molar-refractivity contribution in [2.45, 2.75) is 25.0 Å². The van der Waals surface area contributed by atoms with Crippen molar-refractivity contribution in [1.82, 2.24) is 14.8 Å². The standard InChI is InChI=1S/C27H27N3O3S/c1-3-33-22-15-13-21(14-16-22)24(31)19-34-27-29-28-26(23-11-7-8-12-25(23)32-2)30(27)18-17-20-9-5-4-6-10-20/h4-16H,3,17-19H2,1-2H3. The average Bonchev–Trinajstić information content (AvgIpc) is 3.29. The van der Waals surface area contributed by atoms with Crippen molar-refractivity contribution in [3.05, 3.63) is 90.0 Å². The number of para-hydroxylation sites is 1. The fourth-order valence-corrected chi connectivity index (χ4v) is 4.49. The van der Waals surface area contributed by atoms with Gasteiger partial charge in [-0.05, 0) is 55.3 Å². The van der Waals surface area contributed by atoms with Crippen molar-refractivity contribution in [3.63, 3.8) is 0 Å². The first-order valence-electron chi connectivity index (χ1n) is 11.2. The number of rotatable bonds is 11. The van der Waals surface area contributed by atoms with Gasteiger partial charge in [-0.3, -0.25) is 4.79 Å². The van der Waals surface area contributed by atoms with Crippen LogP contribution in [0.5, 0.6) is 11.5 Å². The molecule has 1 aromatic heterocycles. The number of ketones is 1. The van der Waals surface area contributed by atoms with Crippen LogP contribution in [0, 0.1) is 0 Å². The second-order valence-corrected chi connectivity index (χ2v) is 8.51. The van der Waals surface area contributed by atoms with Crippen LogP contribution in [-0.2, 0) is 13.0 Å². The van der Waals surface area contributed by atoms with Gasteiger partial charge in [-0.25, -0.2) is 0 Å². The highest BCUT2D eigenvalue weighted by atomic mass is 32.2. The monoisotopic (exact) mass is 473 g/mol. The zero-order chi connectivity index (χ0) is 23.8. The van der Waals surface area contributed by atoms with E-state index in [2.05, 4.69) is 26.9 Å². The van der Waals surface area contributed by atoms with Gasteiger partial charge < -0.3 is 14.0 Å². The highest BCUT2D eigenvalue weighted by Gasteiger charge is 2.19. The Balaban J connectivity index is 1.56. The number of hydrogen-bond donors (Lipinski definition) is 0. The molecule has 0 N–H and O–H groups in total. The van der Waals surface area contributed by atoms with Crippen molar-refractivity contribution in [2.24, 2.45) is 0 Å². The molecular weight excluding hydrogens is 446 g/mol. The molecule has 0 spiro atoms. The molecular formula is C27H27N3O3S. The molecule has 0 aliphatic carbocycles. The van der Waals surface area contributed by atoms with Crippen molar-refractivity contribution in [2.75, 3.05) is 19.5 Å². The topological polar surface area (TPSA) is 66.2 Å². The van der Waals surface area contributed by atoms with Gasteiger partial charge in [0.25, 0.3) is 0 Å². The van der Waals surface area contributed by atoms with E-state index in [1.807, 2.05) is 61.5 Å². The molecule has 174 valence electrons. The number of methoxy groups -OCH3 is 1. The Labute approximate surface area is 203 Å². The van der Waals surface area contributed by atoms with E-state index < -0.39 is 0 Å². The second kappa shape index (κ2) is 11.5. The van der Waals surface area contributed by atoms with E-state index in [-0.39, 0.29) is 11.5 Å². The molecule has 0 amide bonds. The maximum Gasteiger partial charge on any atom is 0.191 e. The highest BCUT2D eigenvalue weighted by Crippen LogP contribution is 2.31. The van der Waals surface area contributed by atoms with E-state index in [0.717, 1.165) is 29.3 Å². The molecule has 0 saturated heterocycles. The number of aromatic nitrogens is 3. The molecule has 0 radical (unpaired) electrons. The molecule has 6 nitrogen and oxygen atoms in total. The van der Waals surface area contributed by atoms with Crippen LogP contribution >= 0.6 is 11.8 Å². The summed E-state index contributed by atoms with van der Waals surface area (Å²) >= 11 is 1.40. The summed E-state index contributed by atoms with van der Waals surface area (Å²) in [7, 11) is 1.65. The number of carbonyl (C=O) groups is 1. The summed E-state index contributed by atoms with van der Waals surface area (Å²) in [5.41, 5.74) is 2.75. The number of ether oxygens (including phenoxy) is 2. The lowest BCUT2D eigenvalue weighted by Crippen LogP contribution is -2.08. The van der Waals surface area contributed by atoms with Crippen LogP contribution in [0.3, 0.4) is 0 Å². The summed E-state index contributed by atoms with van der Waals surface area (Å²) in [6.45, 7) is 3.21. The Morgan fingerprint density at radius 2 is 1.68 bits per heavy atom. The fourth-order valence-electron chi connectivity index (χ4n) is 3.63. The van der Waals surface area contributed by atoms with E-state index in [0.29, 0.717) is 23.9 Å². The van der Waals surface area contributed by atoms with Gasteiger partial charge in [-0.1, -0.05) is 54.2 Å². The Morgan fingerprint density at radius 1 is 0.941 bits per heavy atom. The van der Waals surface area contributed by atoms with Gasteiger partial charge in [0.2, 0.25) is 0 Å². The lowest BCUT2D eigenvalue weighted by atomic mass is 10.1. The second-order valence-electron chi connectivity index (χ2n) is 7.56. The quantitative estimate of drug-likeness (QED) is 0.210. The maximum atomic E-state index is 12.8. The van der Waals surface area contributed by atoms with Gasteiger partial charge >= 0.3 is 0 Å². The molecule has 0 saturated carbocycles. The van der Waals surface area contributed by atoms with E-state index >= 15 is 0 Å². The van der Waals surface area contributed by atoms with Crippen LogP contribution < -0.4 is 9.47 Å². The lowest BCUT2D eigenvalue weighted by Gasteiger charge is -2.12. The number of thioether (sulfide) groups is 1. The van der Waals surface area contributed by atoms with Gasteiger partial charge in [-0.15, -0.1) is 10.2 Å². The van der Waals surface area contributed by atoms with Crippen molar-refractivity contribution >= 4 is 17.5 Å². The first kappa shape index (κ1) is 23.6. The zero-order valence-electron chi connectivity index (χ0n) is 19.3. The molecule has 7 heteroatoms. The Morgan fingerprint density at radius 3 is 2.41 bits per heavy atom. The van der Waals surface area contributed by atoms with Gasteiger partial charge in [0.15, 0.2) is 16.8 Å². The summed E-state index contributed by atoms with van der Waals surface area (Å²) in [4.78, 5) is 12.8. The summed E-state index contributed by atoms with van der Waals surface area (Å²) in [5, 5.41) is 9.61. The zero-order valence-corrected chi connectivity index (χ0v) is 20.1. The molecule has 0 bridgehead atoms. The summed E-state index contributed by atoms with van der Waals surface area (Å²) in [5.74, 6) is 2.52. The number of benzene rings is 3. The Kier molecular flexibility index (Phi) is 7.99. The predicted molar refractivity (Wildman–Crippen MR) is 135 cm³/mol. The minimum Gasteiger partial charge on any atom is -0.496 e. The lowest BCUT2D eigenvalue weighted by molar-refractivity contribution is 0.102. The van der Waals surface area contributed by atoms with Gasteiger partial charge in [0, 0.05) is 12.1 Å². The van der Waals surface area contributed by atoms with Crippen LogP contribution in [0.4, 0.5) is 0 Å². The largest absolute Gasteiger partial charge is 0.496 e. The third-order valence-electron chi connectivity index (χ3n) is 5.35. The SMILES string of the molecule is CCOc1ccc(C(=O)CSc2nnc(-c3ccccc3OC)n2CCc2ccccc2)cc1. The van der Waals surface area contributed by atoms with Crippen LogP contribution in [0.15, 0.2) is 84.0 Å². The van der Waals surface area contributed by atoms with Crippen molar-refractivity contribution < 1.29 is 14.3 Å². The van der Waals surface area contributed by atoms with E-state index in [9.17, 15) is 4.79 Å². The minimum atomic E-state index is 0.0319. The highest BCUT2D eigenvalue weighted by molar-refractivity contribution is 7.99. The Bertz CT molecular complexity index is 1220. The number of hydrogen-bond acceptors (Lipinski definition) is 6. The van der Waals surface area contributed by atoms with Crippen molar-refractivity contribution in [1.29, 1.82) is 0 Å². The molecule has 4 aromatic rings. The molecule has 4 rings (SSSR count). The van der Waals surface area contributed by atoms with E-state index in [1.165, 1.54) is 17.3 Å². The number of nitrogens with zero attached hydrogens (tertiary/aromatic N) is 3. The van der Waals surface area contributed by atoms with Crippen LogP contribution in [0.25, 0.3) is 11.4 Å². The number of aryl methyl sites for hydroxylation is 1. The maximum absolute atomic E-state index is 12.8. The van der Waals surface area contributed by atoms with Gasteiger partial charge in [0.1, 0.15) is 11.5 Å². The minimum absolute atomic E-state index is 0.0319.